The summed E-state index contributed by atoms with van der Waals surface area (Å²) in [5.74, 6) is 0.115. The standard InChI is InChI=1S/C18H28N2O/c1-14-9-10-15(2)17(13-14)19-18(21)16(3)20-11-7-5-4-6-8-12-20/h9-10,13,16H,4-8,11-12H2,1-3H3,(H,19,21)/t16-/m1/s1. The number of carbonyl (C=O) groups excluding carboxylic acids is 1. The van der Waals surface area contributed by atoms with Crippen molar-refractivity contribution in [3.05, 3.63) is 29.3 Å². The third-order valence-electron chi connectivity index (χ3n) is 4.47. The molecule has 0 aromatic heterocycles. The lowest BCUT2D eigenvalue weighted by Crippen LogP contribution is -2.43. The number of anilines is 1. The average Bonchev–Trinajstić information content (AvgIpc) is 2.42. The van der Waals surface area contributed by atoms with Gasteiger partial charge in [0.2, 0.25) is 5.91 Å². The molecule has 0 saturated carbocycles. The van der Waals surface area contributed by atoms with Crippen molar-refractivity contribution in [2.45, 2.75) is 58.9 Å². The summed E-state index contributed by atoms with van der Waals surface area (Å²) in [6, 6.07) is 6.13. The second kappa shape index (κ2) is 7.60. The summed E-state index contributed by atoms with van der Waals surface area (Å²) in [4.78, 5) is 14.9. The maximum atomic E-state index is 12.5. The predicted octanol–water partition coefficient (Wildman–Crippen LogP) is 3.90. The molecule has 1 saturated heterocycles. The van der Waals surface area contributed by atoms with E-state index in [1.54, 1.807) is 0 Å². The number of likely N-dealkylation sites (tertiary alicyclic amines) is 1. The first-order valence-electron chi connectivity index (χ1n) is 8.20. The van der Waals surface area contributed by atoms with Crippen LogP contribution in [0.3, 0.4) is 0 Å². The number of nitrogens with one attached hydrogen (secondary N) is 1. The van der Waals surface area contributed by atoms with Crippen LogP contribution in [0.5, 0.6) is 0 Å². The maximum absolute atomic E-state index is 12.5. The Balaban J connectivity index is 1.99. The molecule has 0 radical (unpaired) electrons. The van der Waals surface area contributed by atoms with Crippen LogP contribution in [0.15, 0.2) is 18.2 Å². The van der Waals surface area contributed by atoms with Gasteiger partial charge in [-0.05, 0) is 63.9 Å². The lowest BCUT2D eigenvalue weighted by molar-refractivity contribution is -0.120. The van der Waals surface area contributed by atoms with Crippen LogP contribution in [0.25, 0.3) is 0 Å². The van der Waals surface area contributed by atoms with Gasteiger partial charge in [0.25, 0.3) is 0 Å². The summed E-state index contributed by atoms with van der Waals surface area (Å²) >= 11 is 0. The second-order valence-electron chi connectivity index (χ2n) is 6.29. The van der Waals surface area contributed by atoms with Crippen LogP contribution in [0.2, 0.25) is 0 Å². The predicted molar refractivity (Wildman–Crippen MR) is 88.7 cm³/mol. The summed E-state index contributed by atoms with van der Waals surface area (Å²) in [7, 11) is 0. The normalized spacial score (nSPS) is 18.6. The van der Waals surface area contributed by atoms with Crippen LogP contribution in [0.4, 0.5) is 5.69 Å². The van der Waals surface area contributed by atoms with E-state index in [0.29, 0.717) is 0 Å². The molecule has 116 valence electrons. The summed E-state index contributed by atoms with van der Waals surface area (Å²) in [5, 5.41) is 3.10. The quantitative estimate of drug-likeness (QED) is 0.915. The number of hydrogen-bond acceptors (Lipinski definition) is 2. The van der Waals surface area contributed by atoms with Gasteiger partial charge in [0.15, 0.2) is 0 Å². The van der Waals surface area contributed by atoms with Gasteiger partial charge in [-0.25, -0.2) is 0 Å². The van der Waals surface area contributed by atoms with Gasteiger partial charge in [0.05, 0.1) is 6.04 Å². The Hall–Kier alpha value is -1.35. The van der Waals surface area contributed by atoms with E-state index in [9.17, 15) is 4.79 Å². The minimum Gasteiger partial charge on any atom is -0.324 e. The molecule has 0 bridgehead atoms. The molecule has 0 aliphatic carbocycles. The number of hydrogen-bond donors (Lipinski definition) is 1. The number of amides is 1. The Morgan fingerprint density at radius 1 is 1.10 bits per heavy atom. The third kappa shape index (κ3) is 4.57. The van der Waals surface area contributed by atoms with Crippen molar-refractivity contribution in [1.29, 1.82) is 0 Å². The van der Waals surface area contributed by atoms with Gasteiger partial charge in [0, 0.05) is 5.69 Å². The largest absolute Gasteiger partial charge is 0.324 e. The first-order valence-corrected chi connectivity index (χ1v) is 8.20. The lowest BCUT2D eigenvalue weighted by atomic mass is 10.1. The Bertz CT molecular complexity index is 476. The maximum Gasteiger partial charge on any atom is 0.241 e. The summed E-state index contributed by atoms with van der Waals surface area (Å²) in [5.41, 5.74) is 3.24. The average molecular weight is 288 g/mol. The number of aryl methyl sites for hydroxylation is 2. The Labute approximate surface area is 128 Å². The van der Waals surface area contributed by atoms with E-state index in [-0.39, 0.29) is 11.9 Å². The van der Waals surface area contributed by atoms with E-state index in [0.717, 1.165) is 24.3 Å². The highest BCUT2D eigenvalue weighted by atomic mass is 16.2. The number of carbonyl (C=O) groups is 1. The van der Waals surface area contributed by atoms with Gasteiger partial charge in [-0.15, -0.1) is 0 Å². The molecule has 1 atom stereocenters. The van der Waals surface area contributed by atoms with Crippen LogP contribution in [0.1, 0.15) is 50.2 Å². The first kappa shape index (κ1) is 16.0. The molecule has 0 unspecified atom stereocenters. The fraction of sp³-hybridized carbons (Fsp3) is 0.611. The molecule has 1 aliphatic rings. The summed E-state index contributed by atoms with van der Waals surface area (Å²) < 4.78 is 0. The summed E-state index contributed by atoms with van der Waals surface area (Å²) in [6.07, 6.45) is 6.35. The van der Waals surface area contributed by atoms with Crippen LogP contribution < -0.4 is 5.32 Å². The molecule has 1 heterocycles. The van der Waals surface area contributed by atoms with Crippen molar-refractivity contribution in [3.63, 3.8) is 0 Å². The van der Waals surface area contributed by atoms with Crippen molar-refractivity contribution < 1.29 is 4.79 Å². The van der Waals surface area contributed by atoms with E-state index < -0.39 is 0 Å². The van der Waals surface area contributed by atoms with Crippen LogP contribution >= 0.6 is 0 Å². The molecule has 1 fully saturated rings. The van der Waals surface area contributed by atoms with Gasteiger partial charge in [-0.3, -0.25) is 9.69 Å². The van der Waals surface area contributed by atoms with Crippen molar-refractivity contribution in [3.8, 4) is 0 Å². The third-order valence-corrected chi connectivity index (χ3v) is 4.47. The lowest BCUT2D eigenvalue weighted by Gasteiger charge is -2.29. The van der Waals surface area contributed by atoms with Crippen molar-refractivity contribution >= 4 is 11.6 Å². The minimum atomic E-state index is -0.0528. The van der Waals surface area contributed by atoms with Gasteiger partial charge >= 0.3 is 0 Å². The van der Waals surface area contributed by atoms with E-state index in [1.807, 2.05) is 19.9 Å². The molecular formula is C18H28N2O. The molecule has 21 heavy (non-hydrogen) atoms. The van der Waals surface area contributed by atoms with Crippen LogP contribution in [-0.2, 0) is 4.79 Å². The molecule has 0 spiro atoms. The van der Waals surface area contributed by atoms with E-state index in [1.165, 1.54) is 37.7 Å². The highest BCUT2D eigenvalue weighted by molar-refractivity contribution is 5.95. The highest BCUT2D eigenvalue weighted by Gasteiger charge is 2.22. The number of benzene rings is 1. The molecule has 1 aromatic carbocycles. The molecular weight excluding hydrogens is 260 g/mol. The zero-order valence-electron chi connectivity index (χ0n) is 13.6. The molecule has 1 N–H and O–H groups in total. The zero-order chi connectivity index (χ0) is 15.2. The SMILES string of the molecule is Cc1ccc(C)c(NC(=O)[C@@H](C)N2CCCCCCC2)c1. The first-order chi connectivity index (χ1) is 10.1. The van der Waals surface area contributed by atoms with Gasteiger partial charge < -0.3 is 5.32 Å². The molecule has 3 heteroatoms. The molecule has 3 nitrogen and oxygen atoms in total. The molecule has 1 aromatic rings. The van der Waals surface area contributed by atoms with Crippen molar-refractivity contribution in [2.75, 3.05) is 18.4 Å². The Kier molecular flexibility index (Phi) is 5.80. The minimum absolute atomic E-state index is 0.0528. The fourth-order valence-corrected chi connectivity index (χ4v) is 2.93. The topological polar surface area (TPSA) is 32.3 Å². The van der Waals surface area contributed by atoms with Crippen molar-refractivity contribution in [1.82, 2.24) is 4.90 Å². The van der Waals surface area contributed by atoms with Gasteiger partial charge in [0.1, 0.15) is 0 Å². The number of nitrogens with zero attached hydrogens (tertiary/aromatic N) is 1. The van der Waals surface area contributed by atoms with Crippen LogP contribution in [-0.4, -0.2) is 29.9 Å². The van der Waals surface area contributed by atoms with Gasteiger partial charge in [-0.1, -0.05) is 31.4 Å². The zero-order valence-corrected chi connectivity index (χ0v) is 13.6. The Morgan fingerprint density at radius 2 is 1.71 bits per heavy atom. The van der Waals surface area contributed by atoms with Crippen LogP contribution in [0, 0.1) is 13.8 Å². The van der Waals surface area contributed by atoms with E-state index >= 15 is 0 Å². The molecule has 1 aliphatic heterocycles. The monoisotopic (exact) mass is 288 g/mol. The second-order valence-corrected chi connectivity index (χ2v) is 6.29. The molecule has 1 amide bonds. The van der Waals surface area contributed by atoms with E-state index in [2.05, 4.69) is 29.3 Å². The number of rotatable bonds is 3. The van der Waals surface area contributed by atoms with Gasteiger partial charge in [-0.2, -0.15) is 0 Å². The Morgan fingerprint density at radius 3 is 2.38 bits per heavy atom. The molecule has 2 rings (SSSR count). The van der Waals surface area contributed by atoms with E-state index in [4.69, 9.17) is 0 Å². The van der Waals surface area contributed by atoms with Crippen molar-refractivity contribution in [2.24, 2.45) is 0 Å². The smallest absolute Gasteiger partial charge is 0.241 e. The fourth-order valence-electron chi connectivity index (χ4n) is 2.93. The summed E-state index contributed by atoms with van der Waals surface area (Å²) in [6.45, 7) is 8.21. The highest BCUT2D eigenvalue weighted by Crippen LogP contribution is 2.18.